The normalized spacial score (nSPS) is 11.3. The fourth-order valence-electron chi connectivity index (χ4n) is 5.84. The van der Waals surface area contributed by atoms with Gasteiger partial charge in [-0.2, -0.15) is 0 Å². The van der Waals surface area contributed by atoms with Crippen molar-refractivity contribution in [3.8, 4) is 45.3 Å². The van der Waals surface area contributed by atoms with E-state index < -0.39 is 0 Å². The Labute approximate surface area is 243 Å². The van der Waals surface area contributed by atoms with Crippen molar-refractivity contribution in [2.45, 2.75) is 0 Å². The lowest BCUT2D eigenvalue weighted by Crippen LogP contribution is -2.01. The number of benzene rings is 7. The standard InChI is InChI=1S/C39H25N3/c1-3-12-28(13-4-1)37-40-38(29-14-5-2-6-15-29)42-39(41-37)35-18-10-9-17-32(35)30-20-19-27-22-23-33-31-16-8-7-11-26(31)21-24-34(33)36(27)25-30/h1-25H. The van der Waals surface area contributed by atoms with Crippen molar-refractivity contribution in [3.05, 3.63) is 152 Å². The molecule has 0 bridgehead atoms. The van der Waals surface area contributed by atoms with Gasteiger partial charge in [0, 0.05) is 16.7 Å². The number of aromatic nitrogens is 3. The Morgan fingerprint density at radius 1 is 0.286 bits per heavy atom. The van der Waals surface area contributed by atoms with E-state index in [-0.39, 0.29) is 0 Å². The molecule has 8 aromatic rings. The lowest BCUT2D eigenvalue weighted by atomic mass is 9.93. The van der Waals surface area contributed by atoms with Crippen LogP contribution >= 0.6 is 0 Å². The molecule has 0 radical (unpaired) electrons. The molecule has 0 aliphatic carbocycles. The Bertz CT molecular complexity index is 2180. The Morgan fingerprint density at radius 3 is 1.48 bits per heavy atom. The second kappa shape index (κ2) is 10.1. The molecule has 3 heteroatoms. The van der Waals surface area contributed by atoms with E-state index in [0.29, 0.717) is 17.5 Å². The van der Waals surface area contributed by atoms with Gasteiger partial charge in [0.05, 0.1) is 0 Å². The number of fused-ring (bicyclic) bond motifs is 5. The van der Waals surface area contributed by atoms with Crippen molar-refractivity contribution >= 4 is 32.3 Å². The quantitative estimate of drug-likeness (QED) is 0.211. The molecular formula is C39H25N3. The highest BCUT2D eigenvalue weighted by Crippen LogP contribution is 2.37. The van der Waals surface area contributed by atoms with Crippen LogP contribution in [0.3, 0.4) is 0 Å². The third-order valence-corrected chi connectivity index (χ3v) is 7.92. The summed E-state index contributed by atoms with van der Waals surface area (Å²) in [6.07, 6.45) is 0. The van der Waals surface area contributed by atoms with Crippen LogP contribution in [-0.2, 0) is 0 Å². The number of hydrogen-bond donors (Lipinski definition) is 0. The summed E-state index contributed by atoms with van der Waals surface area (Å²) in [5.74, 6) is 1.97. The highest BCUT2D eigenvalue weighted by molar-refractivity contribution is 6.17. The second-order valence-electron chi connectivity index (χ2n) is 10.5. The van der Waals surface area contributed by atoms with Gasteiger partial charge in [-0.3, -0.25) is 0 Å². The van der Waals surface area contributed by atoms with Crippen molar-refractivity contribution in [3.63, 3.8) is 0 Å². The first-order chi connectivity index (χ1) is 20.8. The molecule has 0 saturated heterocycles. The first-order valence-corrected chi connectivity index (χ1v) is 14.1. The van der Waals surface area contributed by atoms with E-state index in [1.807, 2.05) is 60.7 Å². The summed E-state index contributed by atoms with van der Waals surface area (Å²) in [6, 6.07) is 52.9. The molecule has 0 saturated carbocycles. The molecule has 0 aliphatic heterocycles. The predicted molar refractivity (Wildman–Crippen MR) is 174 cm³/mol. The fraction of sp³-hybridized carbons (Fsp3) is 0. The zero-order valence-electron chi connectivity index (χ0n) is 22.8. The van der Waals surface area contributed by atoms with E-state index in [4.69, 9.17) is 15.0 Å². The molecule has 1 heterocycles. The molecule has 0 amide bonds. The van der Waals surface area contributed by atoms with Crippen molar-refractivity contribution in [1.29, 1.82) is 0 Å². The third-order valence-electron chi connectivity index (χ3n) is 7.92. The van der Waals surface area contributed by atoms with Crippen LogP contribution in [0.4, 0.5) is 0 Å². The summed E-state index contributed by atoms with van der Waals surface area (Å²) in [5.41, 5.74) is 5.10. The maximum atomic E-state index is 5.01. The minimum Gasteiger partial charge on any atom is -0.208 e. The van der Waals surface area contributed by atoms with E-state index in [2.05, 4.69) is 91.0 Å². The van der Waals surface area contributed by atoms with Crippen LogP contribution in [0.25, 0.3) is 77.6 Å². The molecule has 0 aliphatic rings. The van der Waals surface area contributed by atoms with Crippen LogP contribution in [0, 0.1) is 0 Å². The average Bonchev–Trinajstić information content (AvgIpc) is 3.08. The fourth-order valence-corrected chi connectivity index (χ4v) is 5.84. The highest BCUT2D eigenvalue weighted by atomic mass is 15.0. The van der Waals surface area contributed by atoms with Gasteiger partial charge in [0.15, 0.2) is 17.5 Å². The van der Waals surface area contributed by atoms with E-state index in [1.165, 1.54) is 32.3 Å². The van der Waals surface area contributed by atoms with Gasteiger partial charge in [-0.1, -0.05) is 146 Å². The van der Waals surface area contributed by atoms with Gasteiger partial charge in [-0.25, -0.2) is 15.0 Å². The zero-order valence-corrected chi connectivity index (χ0v) is 22.8. The molecule has 42 heavy (non-hydrogen) atoms. The SMILES string of the molecule is c1ccc(-c2nc(-c3ccccc3)nc(-c3ccccc3-c3ccc4ccc5c6ccccc6ccc5c4c3)n2)cc1. The first kappa shape index (κ1) is 24.2. The number of hydrogen-bond acceptors (Lipinski definition) is 3. The largest absolute Gasteiger partial charge is 0.208 e. The molecule has 7 aromatic carbocycles. The van der Waals surface area contributed by atoms with Gasteiger partial charge in [0.2, 0.25) is 0 Å². The van der Waals surface area contributed by atoms with Gasteiger partial charge < -0.3 is 0 Å². The number of rotatable bonds is 4. The molecule has 0 unspecified atom stereocenters. The van der Waals surface area contributed by atoms with Crippen LogP contribution in [0.5, 0.6) is 0 Å². The maximum absolute atomic E-state index is 5.01. The monoisotopic (exact) mass is 535 g/mol. The molecule has 1 aromatic heterocycles. The summed E-state index contributed by atoms with van der Waals surface area (Å²) in [7, 11) is 0. The van der Waals surface area contributed by atoms with Crippen LogP contribution in [0.1, 0.15) is 0 Å². The molecule has 0 fully saturated rings. The van der Waals surface area contributed by atoms with Crippen molar-refractivity contribution < 1.29 is 0 Å². The van der Waals surface area contributed by atoms with Gasteiger partial charge in [-0.05, 0) is 49.5 Å². The minimum absolute atomic E-state index is 0.655. The zero-order chi connectivity index (χ0) is 27.9. The van der Waals surface area contributed by atoms with Gasteiger partial charge >= 0.3 is 0 Å². The highest BCUT2D eigenvalue weighted by Gasteiger charge is 2.16. The van der Waals surface area contributed by atoms with E-state index in [1.54, 1.807) is 0 Å². The summed E-state index contributed by atoms with van der Waals surface area (Å²) in [5, 5.41) is 7.50. The second-order valence-corrected chi connectivity index (χ2v) is 10.5. The maximum Gasteiger partial charge on any atom is 0.164 e. The van der Waals surface area contributed by atoms with Crippen LogP contribution < -0.4 is 0 Å². The van der Waals surface area contributed by atoms with E-state index in [9.17, 15) is 0 Å². The predicted octanol–water partition coefficient (Wildman–Crippen LogP) is 10.00. The van der Waals surface area contributed by atoms with Crippen LogP contribution in [0.15, 0.2) is 152 Å². The van der Waals surface area contributed by atoms with Gasteiger partial charge in [-0.15, -0.1) is 0 Å². The molecule has 0 atom stereocenters. The molecule has 196 valence electrons. The topological polar surface area (TPSA) is 38.7 Å². The molecular weight excluding hydrogens is 510 g/mol. The van der Waals surface area contributed by atoms with E-state index in [0.717, 1.165) is 27.8 Å². The molecule has 3 nitrogen and oxygen atoms in total. The van der Waals surface area contributed by atoms with Gasteiger partial charge in [0.1, 0.15) is 0 Å². The molecule has 0 N–H and O–H groups in total. The Balaban J connectivity index is 1.34. The first-order valence-electron chi connectivity index (χ1n) is 14.1. The molecule has 8 rings (SSSR count). The third kappa shape index (κ3) is 4.20. The summed E-state index contributed by atoms with van der Waals surface area (Å²) in [4.78, 5) is 14.9. The number of nitrogens with zero attached hydrogens (tertiary/aromatic N) is 3. The lowest BCUT2D eigenvalue weighted by molar-refractivity contribution is 1.07. The molecule has 0 spiro atoms. The van der Waals surface area contributed by atoms with Crippen molar-refractivity contribution in [2.24, 2.45) is 0 Å². The summed E-state index contributed by atoms with van der Waals surface area (Å²) in [6.45, 7) is 0. The Morgan fingerprint density at radius 2 is 0.786 bits per heavy atom. The van der Waals surface area contributed by atoms with Crippen LogP contribution in [0.2, 0.25) is 0 Å². The smallest absolute Gasteiger partial charge is 0.164 e. The Kier molecular flexibility index (Phi) is 5.79. The van der Waals surface area contributed by atoms with Crippen molar-refractivity contribution in [1.82, 2.24) is 15.0 Å². The van der Waals surface area contributed by atoms with Crippen molar-refractivity contribution in [2.75, 3.05) is 0 Å². The minimum atomic E-state index is 0.655. The van der Waals surface area contributed by atoms with E-state index >= 15 is 0 Å². The Hall–Kier alpha value is -5.67. The lowest BCUT2D eigenvalue weighted by Gasteiger charge is -2.13. The van der Waals surface area contributed by atoms with Crippen LogP contribution in [-0.4, -0.2) is 15.0 Å². The summed E-state index contributed by atoms with van der Waals surface area (Å²) < 4.78 is 0. The van der Waals surface area contributed by atoms with Gasteiger partial charge in [0.25, 0.3) is 0 Å². The summed E-state index contributed by atoms with van der Waals surface area (Å²) >= 11 is 0. The average molecular weight is 536 g/mol.